The number of hydrogen-bond acceptors (Lipinski definition) is 5. The van der Waals surface area contributed by atoms with Gasteiger partial charge in [-0.15, -0.1) is 0 Å². The average Bonchev–Trinajstić information content (AvgIpc) is 3.05. The van der Waals surface area contributed by atoms with Crippen LogP contribution >= 0.6 is 0 Å². The van der Waals surface area contributed by atoms with Gasteiger partial charge < -0.3 is 4.74 Å². The second-order valence-electron chi connectivity index (χ2n) is 15.7. The third-order valence-corrected chi connectivity index (χ3v) is 10.2. The molecular formula is C31H54N2O4S. The van der Waals surface area contributed by atoms with E-state index in [1.807, 2.05) is 12.1 Å². The Bertz CT molecular complexity index is 1070. The van der Waals surface area contributed by atoms with Gasteiger partial charge in [-0.05, 0) is 81.8 Å². The van der Waals surface area contributed by atoms with E-state index in [2.05, 4.69) is 88.1 Å². The molecule has 2 heterocycles. The molecule has 3 rings (SSSR count). The number of methoxy groups -OCH3 is 1. The summed E-state index contributed by atoms with van der Waals surface area (Å²) in [7, 11) is -2.11. The molecule has 0 aromatic heterocycles. The van der Waals surface area contributed by atoms with Crippen molar-refractivity contribution in [2.45, 2.75) is 142 Å². The largest absolute Gasteiger partial charge is 0.496 e. The van der Waals surface area contributed by atoms with Crippen LogP contribution in [0, 0.1) is 5.41 Å². The Balaban J connectivity index is 2.05. The van der Waals surface area contributed by atoms with Crippen LogP contribution in [0.25, 0.3) is 0 Å². The first kappa shape index (κ1) is 31.4. The number of rotatable bonds is 6. The highest BCUT2D eigenvalue weighted by Gasteiger charge is 2.47. The Labute approximate surface area is 233 Å². The van der Waals surface area contributed by atoms with Crippen LogP contribution in [-0.2, 0) is 25.7 Å². The van der Waals surface area contributed by atoms with Gasteiger partial charge in [0, 0.05) is 28.7 Å². The summed E-state index contributed by atoms with van der Waals surface area (Å²) in [4.78, 5) is 6.89. The van der Waals surface area contributed by atoms with Crippen molar-refractivity contribution in [2.75, 3.05) is 20.3 Å². The van der Waals surface area contributed by atoms with Gasteiger partial charge in [0.15, 0.2) is 0 Å². The summed E-state index contributed by atoms with van der Waals surface area (Å²) in [5.41, 5.74) is 0.922. The number of ether oxygens (including phenoxy) is 1. The Morgan fingerprint density at radius 2 is 1.37 bits per heavy atom. The number of sulfonamides is 1. The van der Waals surface area contributed by atoms with Crippen LogP contribution in [0.1, 0.15) is 120 Å². The molecule has 2 aliphatic heterocycles. The van der Waals surface area contributed by atoms with Gasteiger partial charge in [0.05, 0.1) is 24.7 Å². The maximum atomic E-state index is 14.4. The Morgan fingerprint density at radius 3 is 1.79 bits per heavy atom. The van der Waals surface area contributed by atoms with Crippen molar-refractivity contribution in [1.29, 1.82) is 0 Å². The summed E-state index contributed by atoms with van der Waals surface area (Å²) >= 11 is 0. The predicted molar refractivity (Wildman–Crippen MR) is 156 cm³/mol. The van der Waals surface area contributed by atoms with Crippen LogP contribution in [0.2, 0.25) is 0 Å². The molecule has 38 heavy (non-hydrogen) atoms. The van der Waals surface area contributed by atoms with Crippen molar-refractivity contribution in [3.63, 3.8) is 0 Å². The van der Waals surface area contributed by atoms with E-state index in [1.165, 1.54) is 6.42 Å². The molecule has 0 unspecified atom stereocenters. The van der Waals surface area contributed by atoms with Gasteiger partial charge in [0.25, 0.3) is 0 Å². The first-order valence-electron chi connectivity index (χ1n) is 14.2. The van der Waals surface area contributed by atoms with Gasteiger partial charge in [-0.3, -0.25) is 4.84 Å². The number of hydrogen-bond donors (Lipinski definition) is 0. The minimum atomic E-state index is -3.78. The fourth-order valence-corrected chi connectivity index (χ4v) is 8.34. The van der Waals surface area contributed by atoms with E-state index in [4.69, 9.17) is 9.57 Å². The number of hydroxylamine groups is 2. The first-order valence-corrected chi connectivity index (χ1v) is 15.7. The smallest absolute Gasteiger partial charge is 0.243 e. The van der Waals surface area contributed by atoms with Crippen LogP contribution in [-0.4, -0.2) is 55.2 Å². The summed E-state index contributed by atoms with van der Waals surface area (Å²) in [5.74, 6) is 0.778. The Morgan fingerprint density at radius 1 is 0.895 bits per heavy atom. The van der Waals surface area contributed by atoms with E-state index in [0.717, 1.165) is 36.1 Å². The van der Waals surface area contributed by atoms with Crippen LogP contribution in [0.3, 0.4) is 0 Å². The molecule has 7 heteroatoms. The van der Waals surface area contributed by atoms with Crippen molar-refractivity contribution in [3.05, 3.63) is 23.3 Å². The number of benzene rings is 1. The third-order valence-electron chi connectivity index (χ3n) is 8.34. The lowest BCUT2D eigenvalue weighted by Crippen LogP contribution is -2.59. The molecule has 0 spiro atoms. The highest BCUT2D eigenvalue weighted by Crippen LogP contribution is 2.45. The van der Waals surface area contributed by atoms with Gasteiger partial charge in [0.2, 0.25) is 10.0 Å². The third kappa shape index (κ3) is 6.26. The van der Waals surface area contributed by atoms with Gasteiger partial charge >= 0.3 is 0 Å². The molecule has 1 aromatic carbocycles. The molecule has 0 amide bonds. The zero-order chi connectivity index (χ0) is 29.1. The maximum absolute atomic E-state index is 14.4. The molecule has 2 fully saturated rings. The lowest BCUT2D eigenvalue weighted by atomic mass is 9.79. The second-order valence-corrected chi connectivity index (χ2v) is 17.6. The van der Waals surface area contributed by atoms with Crippen molar-refractivity contribution in [1.82, 2.24) is 9.37 Å². The van der Waals surface area contributed by atoms with E-state index < -0.39 is 10.0 Å². The van der Waals surface area contributed by atoms with Crippen molar-refractivity contribution in [3.8, 4) is 5.75 Å². The Kier molecular flexibility index (Phi) is 8.29. The molecule has 0 saturated carbocycles. The van der Waals surface area contributed by atoms with Crippen molar-refractivity contribution >= 4 is 10.0 Å². The summed E-state index contributed by atoms with van der Waals surface area (Å²) in [6.07, 6.45) is 4.05. The Hall–Kier alpha value is -1.15. The summed E-state index contributed by atoms with van der Waals surface area (Å²) in [6, 6.07) is 3.44. The average molecular weight is 551 g/mol. The van der Waals surface area contributed by atoms with Crippen LogP contribution in [0.4, 0.5) is 0 Å². The van der Waals surface area contributed by atoms with Gasteiger partial charge in [-0.25, -0.2) is 8.42 Å². The van der Waals surface area contributed by atoms with Crippen LogP contribution < -0.4 is 4.74 Å². The molecule has 2 aliphatic rings. The molecule has 2 saturated heterocycles. The molecule has 0 radical (unpaired) electrons. The maximum Gasteiger partial charge on any atom is 0.243 e. The lowest BCUT2D eigenvalue weighted by molar-refractivity contribution is -0.284. The molecule has 0 aliphatic carbocycles. The zero-order valence-electron chi connectivity index (χ0n) is 26.4. The minimum absolute atomic E-state index is 0.0984. The van der Waals surface area contributed by atoms with Crippen molar-refractivity contribution < 1.29 is 18.0 Å². The summed E-state index contributed by atoms with van der Waals surface area (Å²) < 4.78 is 36.4. The van der Waals surface area contributed by atoms with Crippen molar-refractivity contribution in [2.24, 2.45) is 5.41 Å². The van der Waals surface area contributed by atoms with E-state index >= 15 is 0 Å². The molecule has 6 nitrogen and oxygen atoms in total. The standard InChI is InChI=1S/C31H54N2O4S/c1-27(2,3)24-17-23(18-25(26(24)36-13)28(4,5)6)38(34,35)32-21-29(7,8)19-22(32)20-37-33-30(9,10)15-14-16-31(33,11)12/h17-18,22H,14-16,19-21H2,1-13H3/t22-/m0/s1. The molecular weight excluding hydrogens is 496 g/mol. The van der Waals surface area contributed by atoms with Gasteiger partial charge in [-0.1, -0.05) is 55.4 Å². The van der Waals surface area contributed by atoms with E-state index in [1.54, 1.807) is 11.4 Å². The quantitative estimate of drug-likeness (QED) is 0.380. The van der Waals surface area contributed by atoms with E-state index in [0.29, 0.717) is 18.0 Å². The lowest BCUT2D eigenvalue weighted by Gasteiger charge is -2.51. The van der Waals surface area contributed by atoms with E-state index in [9.17, 15) is 8.42 Å². The fourth-order valence-electron chi connectivity index (χ4n) is 6.49. The summed E-state index contributed by atoms with van der Waals surface area (Å²) in [6.45, 7) is 26.6. The number of nitrogens with zero attached hydrogens (tertiary/aromatic N) is 2. The van der Waals surface area contributed by atoms with Gasteiger partial charge in [-0.2, -0.15) is 9.37 Å². The fraction of sp³-hybridized carbons (Fsp3) is 0.806. The normalized spacial score (nSPS) is 24.5. The minimum Gasteiger partial charge on any atom is -0.496 e. The van der Waals surface area contributed by atoms with Crippen LogP contribution in [0.15, 0.2) is 17.0 Å². The first-order chi connectivity index (χ1) is 17.0. The highest BCUT2D eigenvalue weighted by atomic mass is 32.2. The zero-order valence-corrected chi connectivity index (χ0v) is 27.2. The second kappa shape index (κ2) is 10.0. The molecule has 1 aromatic rings. The molecule has 218 valence electrons. The van der Waals surface area contributed by atoms with Gasteiger partial charge in [0.1, 0.15) is 5.75 Å². The summed E-state index contributed by atoms with van der Waals surface area (Å²) in [5, 5.41) is 2.14. The number of piperidine rings is 1. The predicted octanol–water partition coefficient (Wildman–Crippen LogP) is 7.05. The molecule has 1 atom stereocenters. The highest BCUT2D eigenvalue weighted by molar-refractivity contribution is 7.89. The molecule has 0 N–H and O–H groups in total. The van der Waals surface area contributed by atoms with Crippen LogP contribution in [0.5, 0.6) is 5.75 Å². The SMILES string of the molecule is COc1c(C(C)(C)C)cc(S(=O)(=O)N2CC(C)(C)C[C@H]2CON2C(C)(C)CCCC2(C)C)cc1C(C)(C)C. The topological polar surface area (TPSA) is 59.1 Å². The van der Waals surface area contributed by atoms with E-state index in [-0.39, 0.29) is 33.4 Å². The monoisotopic (exact) mass is 550 g/mol. The molecule has 0 bridgehead atoms.